The average molecular weight is 286 g/mol. The van der Waals surface area contributed by atoms with Gasteiger partial charge in [-0.05, 0) is 19.1 Å². The van der Waals surface area contributed by atoms with Crippen LogP contribution in [0.15, 0.2) is 35.5 Å². The third kappa shape index (κ3) is 3.14. The van der Waals surface area contributed by atoms with Gasteiger partial charge in [0.25, 0.3) is 5.95 Å². The summed E-state index contributed by atoms with van der Waals surface area (Å²) in [6.07, 6.45) is 4.57. The normalized spacial score (nSPS) is 10.5. The lowest BCUT2D eigenvalue weighted by Gasteiger charge is -2.08. The topological polar surface area (TPSA) is 107 Å². The van der Waals surface area contributed by atoms with Crippen molar-refractivity contribution in [3.05, 3.63) is 36.8 Å². The molecule has 3 heterocycles. The zero-order valence-corrected chi connectivity index (χ0v) is 11.4. The molecule has 2 N–H and O–H groups in total. The van der Waals surface area contributed by atoms with Crippen LogP contribution < -0.4 is 10.6 Å². The number of furan rings is 1. The lowest BCUT2D eigenvalue weighted by atomic mass is 10.4. The Morgan fingerprint density at radius 3 is 2.71 bits per heavy atom. The van der Waals surface area contributed by atoms with E-state index in [2.05, 4.69) is 35.7 Å². The van der Waals surface area contributed by atoms with Gasteiger partial charge in [0.2, 0.25) is 11.9 Å². The first-order valence-corrected chi connectivity index (χ1v) is 6.46. The van der Waals surface area contributed by atoms with Crippen LogP contribution in [0.2, 0.25) is 0 Å². The third-order valence-corrected chi connectivity index (χ3v) is 2.58. The Hall–Kier alpha value is -2.97. The van der Waals surface area contributed by atoms with Crippen LogP contribution in [0.3, 0.4) is 0 Å². The first-order valence-electron chi connectivity index (χ1n) is 6.46. The van der Waals surface area contributed by atoms with Crippen LogP contribution in [-0.2, 0) is 6.54 Å². The van der Waals surface area contributed by atoms with E-state index in [1.54, 1.807) is 6.26 Å². The van der Waals surface area contributed by atoms with Gasteiger partial charge in [-0.25, -0.2) is 4.98 Å². The molecule has 0 aliphatic rings. The molecule has 3 aromatic rings. The summed E-state index contributed by atoms with van der Waals surface area (Å²) >= 11 is 0. The number of nitrogens with zero attached hydrogens (tertiary/aromatic N) is 6. The second-order valence-corrected chi connectivity index (χ2v) is 4.09. The molecule has 0 saturated heterocycles. The largest absolute Gasteiger partial charge is 0.467 e. The van der Waals surface area contributed by atoms with Gasteiger partial charge < -0.3 is 15.1 Å². The Morgan fingerprint density at radius 2 is 2.05 bits per heavy atom. The van der Waals surface area contributed by atoms with Crippen LogP contribution in [0.1, 0.15) is 12.7 Å². The first-order chi connectivity index (χ1) is 10.3. The van der Waals surface area contributed by atoms with E-state index in [1.165, 1.54) is 17.3 Å². The van der Waals surface area contributed by atoms with Gasteiger partial charge in [0.15, 0.2) is 0 Å². The number of rotatable bonds is 6. The molecule has 21 heavy (non-hydrogen) atoms. The molecule has 0 radical (unpaired) electrons. The van der Waals surface area contributed by atoms with Gasteiger partial charge in [-0.2, -0.15) is 24.7 Å². The minimum absolute atomic E-state index is 0.389. The van der Waals surface area contributed by atoms with Crippen molar-refractivity contribution in [2.75, 3.05) is 17.2 Å². The zero-order chi connectivity index (χ0) is 14.5. The van der Waals surface area contributed by atoms with Crippen molar-refractivity contribution in [3.8, 4) is 5.95 Å². The Balaban J connectivity index is 1.84. The maximum atomic E-state index is 5.26. The summed E-state index contributed by atoms with van der Waals surface area (Å²) in [6, 6.07) is 3.70. The van der Waals surface area contributed by atoms with E-state index in [4.69, 9.17) is 4.42 Å². The molecule has 9 heteroatoms. The maximum Gasteiger partial charge on any atom is 0.258 e. The van der Waals surface area contributed by atoms with Crippen LogP contribution in [-0.4, -0.2) is 36.3 Å². The average Bonchev–Trinajstić information content (AvgIpc) is 3.19. The van der Waals surface area contributed by atoms with Crippen molar-refractivity contribution < 1.29 is 4.42 Å². The zero-order valence-electron chi connectivity index (χ0n) is 11.4. The van der Waals surface area contributed by atoms with E-state index in [0.717, 1.165) is 5.76 Å². The number of anilines is 2. The highest BCUT2D eigenvalue weighted by Crippen LogP contribution is 2.10. The minimum atomic E-state index is 0.389. The molecular weight excluding hydrogens is 272 g/mol. The van der Waals surface area contributed by atoms with E-state index < -0.39 is 0 Å². The fourth-order valence-corrected chi connectivity index (χ4v) is 1.67. The predicted molar refractivity (Wildman–Crippen MR) is 74.9 cm³/mol. The monoisotopic (exact) mass is 286 g/mol. The van der Waals surface area contributed by atoms with E-state index in [1.807, 2.05) is 19.1 Å². The summed E-state index contributed by atoms with van der Waals surface area (Å²) in [6.45, 7) is 3.16. The van der Waals surface area contributed by atoms with Crippen LogP contribution in [0.4, 0.5) is 11.9 Å². The summed E-state index contributed by atoms with van der Waals surface area (Å²) in [5.41, 5.74) is 0. The molecule has 0 aliphatic carbocycles. The second kappa shape index (κ2) is 5.99. The van der Waals surface area contributed by atoms with Crippen molar-refractivity contribution >= 4 is 11.9 Å². The molecule has 0 atom stereocenters. The molecule has 0 amide bonds. The molecule has 0 aromatic carbocycles. The number of hydrogen-bond acceptors (Lipinski definition) is 8. The molecule has 108 valence electrons. The van der Waals surface area contributed by atoms with Crippen LogP contribution in [0.5, 0.6) is 0 Å². The molecule has 0 spiro atoms. The first kappa shape index (κ1) is 13.0. The van der Waals surface area contributed by atoms with E-state index in [0.29, 0.717) is 30.9 Å². The fourth-order valence-electron chi connectivity index (χ4n) is 1.67. The summed E-state index contributed by atoms with van der Waals surface area (Å²) < 4.78 is 6.73. The van der Waals surface area contributed by atoms with E-state index >= 15 is 0 Å². The molecule has 0 bridgehead atoms. The highest BCUT2D eigenvalue weighted by molar-refractivity contribution is 5.37. The molecule has 0 unspecified atom stereocenters. The van der Waals surface area contributed by atoms with E-state index in [9.17, 15) is 0 Å². The minimum Gasteiger partial charge on any atom is -0.467 e. The van der Waals surface area contributed by atoms with Gasteiger partial charge in [0, 0.05) is 6.54 Å². The second-order valence-electron chi connectivity index (χ2n) is 4.09. The Bertz CT molecular complexity index is 679. The maximum absolute atomic E-state index is 5.26. The fraction of sp³-hybridized carbons (Fsp3) is 0.250. The molecule has 0 saturated carbocycles. The van der Waals surface area contributed by atoms with Crippen molar-refractivity contribution in [2.24, 2.45) is 0 Å². The lowest BCUT2D eigenvalue weighted by Crippen LogP contribution is -2.12. The lowest BCUT2D eigenvalue weighted by molar-refractivity contribution is 0.517. The highest BCUT2D eigenvalue weighted by atomic mass is 16.3. The molecule has 0 fully saturated rings. The van der Waals surface area contributed by atoms with Crippen molar-refractivity contribution in [3.63, 3.8) is 0 Å². The van der Waals surface area contributed by atoms with Gasteiger partial charge in [0.05, 0.1) is 12.8 Å². The number of aromatic nitrogens is 6. The highest BCUT2D eigenvalue weighted by Gasteiger charge is 2.08. The van der Waals surface area contributed by atoms with Crippen molar-refractivity contribution in [1.29, 1.82) is 0 Å². The van der Waals surface area contributed by atoms with Crippen molar-refractivity contribution in [1.82, 2.24) is 29.7 Å². The third-order valence-electron chi connectivity index (χ3n) is 2.58. The number of hydrogen-bond donors (Lipinski definition) is 2. The quantitative estimate of drug-likeness (QED) is 0.693. The number of nitrogens with one attached hydrogen (secondary N) is 2. The Labute approximate surface area is 120 Å². The Kier molecular flexibility index (Phi) is 3.72. The van der Waals surface area contributed by atoms with E-state index in [-0.39, 0.29) is 0 Å². The molecular formula is C12H14N8O. The van der Waals surface area contributed by atoms with Gasteiger partial charge in [0.1, 0.15) is 18.4 Å². The van der Waals surface area contributed by atoms with Crippen LogP contribution in [0.25, 0.3) is 5.95 Å². The van der Waals surface area contributed by atoms with Crippen LogP contribution >= 0.6 is 0 Å². The molecule has 3 aromatic heterocycles. The Morgan fingerprint density at radius 1 is 1.19 bits per heavy atom. The smallest absolute Gasteiger partial charge is 0.258 e. The van der Waals surface area contributed by atoms with Gasteiger partial charge in [-0.1, -0.05) is 0 Å². The van der Waals surface area contributed by atoms with Crippen LogP contribution in [0, 0.1) is 0 Å². The summed E-state index contributed by atoms with van der Waals surface area (Å²) in [4.78, 5) is 16.7. The van der Waals surface area contributed by atoms with Gasteiger partial charge in [-0.3, -0.25) is 0 Å². The van der Waals surface area contributed by atoms with Gasteiger partial charge in [-0.15, -0.1) is 0 Å². The molecule has 9 nitrogen and oxygen atoms in total. The predicted octanol–water partition coefficient (Wildman–Crippen LogP) is 1.09. The standard InChI is InChI=1S/C12H14N8O/c1-2-14-10-17-11(15-6-9-4-3-5-21-9)19-12(18-10)20-8-13-7-16-20/h3-5,7-8H,2,6H2,1H3,(H2,14,15,17,18,19). The van der Waals surface area contributed by atoms with Crippen molar-refractivity contribution in [2.45, 2.75) is 13.5 Å². The van der Waals surface area contributed by atoms with Gasteiger partial charge >= 0.3 is 0 Å². The summed E-state index contributed by atoms with van der Waals surface area (Å²) in [7, 11) is 0. The molecule has 0 aliphatic heterocycles. The molecule has 3 rings (SSSR count). The summed E-state index contributed by atoms with van der Waals surface area (Å²) in [5, 5.41) is 10.2. The summed E-state index contributed by atoms with van der Waals surface area (Å²) in [5.74, 6) is 2.09. The SMILES string of the molecule is CCNc1nc(NCc2ccco2)nc(-n2cncn2)n1.